The quantitative estimate of drug-likeness (QED) is 0.403. The van der Waals surface area contributed by atoms with Crippen LogP contribution in [-0.2, 0) is 0 Å². The van der Waals surface area contributed by atoms with Gasteiger partial charge < -0.3 is 9.47 Å². The fraction of sp³-hybridized carbons (Fsp3) is 0.231. The summed E-state index contributed by atoms with van der Waals surface area (Å²) in [6.45, 7) is 0. The van der Waals surface area contributed by atoms with Crippen LogP contribution in [0.1, 0.15) is 16.0 Å². The monoisotopic (exact) mass is 546 g/mol. The lowest BCUT2D eigenvalue weighted by molar-refractivity contribution is 0.397. The van der Waals surface area contributed by atoms with Crippen molar-refractivity contribution in [1.82, 2.24) is 0 Å². The van der Waals surface area contributed by atoms with Crippen LogP contribution in [0.5, 0.6) is 11.5 Å². The summed E-state index contributed by atoms with van der Waals surface area (Å²) in [5.74, 6) is 1.57. The predicted molar refractivity (Wildman–Crippen MR) is 97.7 cm³/mol. The summed E-state index contributed by atoms with van der Waals surface area (Å²) in [7, 11) is 3.31. The first-order chi connectivity index (χ1) is 9.47. The molecule has 1 heterocycles. The number of hydrogen-bond acceptors (Lipinski definition) is 3. The smallest absolute Gasteiger partial charge is 0.133 e. The number of methoxy groups -OCH3 is 2. The first-order valence-electron chi connectivity index (χ1n) is 5.48. The molecule has 0 N–H and O–H groups in total. The lowest BCUT2D eigenvalue weighted by atomic mass is 10.1. The normalized spacial score (nSPS) is 12.3. The fourth-order valence-corrected chi connectivity index (χ4v) is 6.34. The Hall–Kier alpha value is 0.440. The van der Waals surface area contributed by atoms with Gasteiger partial charge in [0.2, 0.25) is 0 Å². The minimum absolute atomic E-state index is 0.0105. The van der Waals surface area contributed by atoms with E-state index < -0.39 is 0 Å². The maximum Gasteiger partial charge on any atom is 0.133 e. The van der Waals surface area contributed by atoms with Gasteiger partial charge in [-0.15, -0.1) is 11.3 Å². The molecule has 2 nitrogen and oxygen atoms in total. The van der Waals surface area contributed by atoms with Gasteiger partial charge >= 0.3 is 0 Å². The summed E-state index contributed by atoms with van der Waals surface area (Å²) in [5.41, 5.74) is 2.16. The molecule has 0 saturated carbocycles. The molecule has 0 bridgehead atoms. The second-order valence-electron chi connectivity index (χ2n) is 3.87. The molecule has 2 rings (SSSR count). The van der Waals surface area contributed by atoms with E-state index >= 15 is 0 Å². The molecule has 1 atom stereocenters. The van der Waals surface area contributed by atoms with Gasteiger partial charge in [-0.2, -0.15) is 0 Å². The highest BCUT2D eigenvalue weighted by Crippen LogP contribution is 2.46. The molecule has 0 spiro atoms. The number of halogens is 4. The van der Waals surface area contributed by atoms with Crippen LogP contribution < -0.4 is 9.47 Å². The lowest BCUT2D eigenvalue weighted by Crippen LogP contribution is -1.98. The molecule has 1 aromatic carbocycles. The number of rotatable bonds is 4. The van der Waals surface area contributed by atoms with Crippen molar-refractivity contribution in [1.29, 1.82) is 0 Å². The third kappa shape index (κ3) is 3.43. The van der Waals surface area contributed by atoms with E-state index in [0.29, 0.717) is 0 Å². The molecular formula is C13H10Br4O2S. The Morgan fingerprint density at radius 1 is 0.950 bits per heavy atom. The van der Waals surface area contributed by atoms with Gasteiger partial charge in [0.1, 0.15) is 11.5 Å². The number of ether oxygens (including phenoxy) is 2. The highest BCUT2D eigenvalue weighted by atomic mass is 79.9. The maximum atomic E-state index is 5.48. The zero-order chi connectivity index (χ0) is 14.9. The summed E-state index contributed by atoms with van der Waals surface area (Å²) in [6, 6.07) is 5.97. The Morgan fingerprint density at radius 2 is 1.60 bits per heavy atom. The van der Waals surface area contributed by atoms with Crippen molar-refractivity contribution in [2.75, 3.05) is 14.2 Å². The molecule has 7 heteroatoms. The number of hydrogen-bond donors (Lipinski definition) is 0. The summed E-state index contributed by atoms with van der Waals surface area (Å²) in [6.07, 6.45) is 0. The van der Waals surface area contributed by atoms with Gasteiger partial charge in [-0.05, 0) is 71.6 Å². The van der Waals surface area contributed by atoms with Crippen molar-refractivity contribution in [3.8, 4) is 11.5 Å². The van der Waals surface area contributed by atoms with E-state index in [1.54, 1.807) is 25.6 Å². The Labute approximate surface area is 155 Å². The van der Waals surface area contributed by atoms with Crippen molar-refractivity contribution in [3.63, 3.8) is 0 Å². The van der Waals surface area contributed by atoms with Gasteiger partial charge in [0, 0.05) is 5.56 Å². The first-order valence-corrected chi connectivity index (χ1v) is 9.59. The van der Waals surface area contributed by atoms with E-state index in [-0.39, 0.29) is 4.83 Å². The van der Waals surface area contributed by atoms with Crippen LogP contribution in [0.3, 0.4) is 0 Å². The van der Waals surface area contributed by atoms with E-state index in [1.807, 2.05) is 12.1 Å². The van der Waals surface area contributed by atoms with Gasteiger partial charge in [-0.3, -0.25) is 0 Å². The van der Waals surface area contributed by atoms with E-state index in [1.165, 1.54) is 0 Å². The second-order valence-corrected chi connectivity index (χ2v) is 9.39. The van der Waals surface area contributed by atoms with Gasteiger partial charge in [0.15, 0.2) is 0 Å². The maximum absolute atomic E-state index is 5.48. The molecule has 0 aliphatic carbocycles. The standard InChI is InChI=1S/C13H10Br4O2S/c1-18-9-5-8(14)10(19-2)3-6(9)12(16)7-4-11(15)20-13(7)17/h3-5,12H,1-2H3. The molecular weight excluding hydrogens is 540 g/mol. The first kappa shape index (κ1) is 16.8. The number of thiophene rings is 1. The summed E-state index contributed by atoms with van der Waals surface area (Å²) >= 11 is 15.9. The minimum Gasteiger partial charge on any atom is -0.496 e. The van der Waals surface area contributed by atoms with Crippen LogP contribution in [0.25, 0.3) is 0 Å². The largest absolute Gasteiger partial charge is 0.496 e. The van der Waals surface area contributed by atoms with Gasteiger partial charge in [-0.25, -0.2) is 0 Å². The zero-order valence-electron chi connectivity index (χ0n) is 10.5. The third-order valence-corrected chi connectivity index (χ3v) is 6.73. The molecule has 2 aromatic rings. The summed E-state index contributed by atoms with van der Waals surface area (Å²) in [5, 5.41) is 0. The predicted octanol–water partition coefficient (Wildman–Crippen LogP) is 6.54. The van der Waals surface area contributed by atoms with Crippen molar-refractivity contribution < 1.29 is 9.47 Å². The van der Waals surface area contributed by atoms with Crippen LogP contribution in [0.4, 0.5) is 0 Å². The van der Waals surface area contributed by atoms with Gasteiger partial charge in [-0.1, -0.05) is 15.9 Å². The summed E-state index contributed by atoms with van der Waals surface area (Å²) in [4.78, 5) is 0.0105. The number of alkyl halides is 1. The Morgan fingerprint density at radius 3 is 2.10 bits per heavy atom. The lowest BCUT2D eigenvalue weighted by Gasteiger charge is -2.16. The highest BCUT2D eigenvalue weighted by Gasteiger charge is 2.21. The minimum atomic E-state index is 0.0105. The Kier molecular flexibility index (Phi) is 5.99. The van der Waals surface area contributed by atoms with Crippen LogP contribution in [0, 0.1) is 0 Å². The van der Waals surface area contributed by atoms with Crippen LogP contribution in [0.2, 0.25) is 0 Å². The number of benzene rings is 1. The van der Waals surface area contributed by atoms with Crippen molar-refractivity contribution in [3.05, 3.63) is 41.4 Å². The average Bonchev–Trinajstić information content (AvgIpc) is 2.76. The SMILES string of the molecule is COc1cc(C(Br)c2cc(Br)sc2Br)c(OC)cc1Br. The molecule has 0 radical (unpaired) electrons. The van der Waals surface area contributed by atoms with Crippen molar-refractivity contribution in [2.45, 2.75) is 4.83 Å². The second kappa shape index (κ2) is 7.13. The van der Waals surface area contributed by atoms with Crippen LogP contribution in [0.15, 0.2) is 30.2 Å². The molecule has 0 aliphatic heterocycles. The van der Waals surface area contributed by atoms with Crippen LogP contribution >= 0.6 is 75.1 Å². The molecule has 1 aromatic heterocycles. The van der Waals surface area contributed by atoms with E-state index in [2.05, 4.69) is 69.8 Å². The fourth-order valence-electron chi connectivity index (χ4n) is 1.78. The molecule has 0 fully saturated rings. The Balaban J connectivity index is 2.53. The summed E-state index contributed by atoms with van der Waals surface area (Å²) < 4.78 is 13.9. The van der Waals surface area contributed by atoms with E-state index in [4.69, 9.17) is 9.47 Å². The van der Waals surface area contributed by atoms with Crippen LogP contribution in [-0.4, -0.2) is 14.2 Å². The Bertz CT molecular complexity index is 627. The topological polar surface area (TPSA) is 18.5 Å². The van der Waals surface area contributed by atoms with Gasteiger partial charge in [0.25, 0.3) is 0 Å². The molecule has 1 unspecified atom stereocenters. The third-order valence-electron chi connectivity index (χ3n) is 2.73. The molecule has 20 heavy (non-hydrogen) atoms. The zero-order valence-corrected chi connectivity index (χ0v) is 17.7. The molecule has 0 amide bonds. The van der Waals surface area contributed by atoms with Gasteiger partial charge in [0.05, 0.1) is 31.1 Å². The van der Waals surface area contributed by atoms with E-state index in [0.717, 1.165) is 34.7 Å². The highest BCUT2D eigenvalue weighted by molar-refractivity contribution is 9.12. The molecule has 108 valence electrons. The van der Waals surface area contributed by atoms with Crippen molar-refractivity contribution >= 4 is 75.1 Å². The molecule has 0 aliphatic rings. The molecule has 0 saturated heterocycles. The van der Waals surface area contributed by atoms with E-state index in [9.17, 15) is 0 Å². The average molecular weight is 550 g/mol. The van der Waals surface area contributed by atoms with Crippen molar-refractivity contribution in [2.24, 2.45) is 0 Å².